The number of nitrogens with two attached hydrogens (primary N) is 2. The van der Waals surface area contributed by atoms with Gasteiger partial charge in [0, 0.05) is 27.6 Å². The van der Waals surface area contributed by atoms with Gasteiger partial charge in [0.25, 0.3) is 0 Å². The standard InChI is InChI=1S/C7H14Cl2N2O2.Pt/c8-6(9)3-1-2-5(11,4-10)7(6,12)13;/h12-13H,1-4,10-11H2;. The van der Waals surface area contributed by atoms with Gasteiger partial charge in [-0.2, -0.15) is 0 Å². The van der Waals surface area contributed by atoms with Crippen molar-refractivity contribution in [1.82, 2.24) is 0 Å². The number of hydrogen-bond acceptors (Lipinski definition) is 4. The van der Waals surface area contributed by atoms with E-state index in [2.05, 4.69) is 0 Å². The molecule has 1 fully saturated rings. The summed E-state index contributed by atoms with van der Waals surface area (Å²) in [6.45, 7) is -0.0683. The van der Waals surface area contributed by atoms with Crippen LogP contribution < -0.4 is 11.5 Å². The third-order valence-electron chi connectivity index (χ3n) is 2.68. The van der Waals surface area contributed by atoms with Crippen LogP contribution in [-0.2, 0) is 21.1 Å². The average Bonchev–Trinajstić information content (AvgIpc) is 2.01. The average molecular weight is 424 g/mol. The van der Waals surface area contributed by atoms with Crippen molar-refractivity contribution in [3.05, 3.63) is 0 Å². The summed E-state index contributed by atoms with van der Waals surface area (Å²) >= 11 is 11.5. The van der Waals surface area contributed by atoms with Crippen molar-refractivity contribution in [3.63, 3.8) is 0 Å². The minimum Gasteiger partial charge on any atom is -0.362 e. The molecule has 1 saturated carbocycles. The van der Waals surface area contributed by atoms with Gasteiger partial charge in [0.1, 0.15) is 0 Å². The van der Waals surface area contributed by atoms with Crippen LogP contribution in [0.3, 0.4) is 0 Å². The van der Waals surface area contributed by atoms with Crippen LogP contribution in [-0.4, -0.2) is 32.4 Å². The van der Waals surface area contributed by atoms with Gasteiger partial charge in [-0.15, -0.1) is 0 Å². The van der Waals surface area contributed by atoms with E-state index in [0.29, 0.717) is 19.3 Å². The van der Waals surface area contributed by atoms with Crippen LogP contribution in [0.5, 0.6) is 0 Å². The summed E-state index contributed by atoms with van der Waals surface area (Å²) in [6.07, 6.45) is 1.32. The van der Waals surface area contributed by atoms with E-state index in [4.69, 9.17) is 34.7 Å². The Kier molecular flexibility index (Phi) is 4.90. The predicted octanol–water partition coefficient (Wildman–Crippen LogP) is -0.321. The molecule has 0 aromatic rings. The molecular formula is C7H14Cl2N2O2Pt. The molecule has 0 aliphatic heterocycles. The normalized spacial score (nSPS) is 34.7. The van der Waals surface area contributed by atoms with Crippen molar-refractivity contribution in [2.45, 2.75) is 34.9 Å². The molecule has 1 atom stereocenters. The quantitative estimate of drug-likeness (QED) is 0.343. The molecule has 14 heavy (non-hydrogen) atoms. The molecule has 0 aromatic carbocycles. The van der Waals surface area contributed by atoms with Crippen LogP contribution in [0.25, 0.3) is 0 Å². The number of halogens is 2. The van der Waals surface area contributed by atoms with Crippen LogP contribution >= 0.6 is 23.2 Å². The molecule has 0 heterocycles. The van der Waals surface area contributed by atoms with Crippen molar-refractivity contribution < 1.29 is 31.3 Å². The topological polar surface area (TPSA) is 92.5 Å². The van der Waals surface area contributed by atoms with Gasteiger partial charge >= 0.3 is 0 Å². The molecule has 1 aliphatic rings. The van der Waals surface area contributed by atoms with Crippen LogP contribution in [0.15, 0.2) is 0 Å². The van der Waals surface area contributed by atoms with Crippen LogP contribution in [0.4, 0.5) is 0 Å². The number of hydrogen-bond donors (Lipinski definition) is 4. The Bertz CT molecular complexity index is 216. The Balaban J connectivity index is 0.00000169. The molecule has 0 amide bonds. The van der Waals surface area contributed by atoms with Gasteiger partial charge in [0.2, 0.25) is 5.79 Å². The Morgan fingerprint density at radius 1 is 1.21 bits per heavy atom. The van der Waals surface area contributed by atoms with Gasteiger partial charge in [-0.05, 0) is 19.3 Å². The van der Waals surface area contributed by atoms with E-state index >= 15 is 0 Å². The first-order valence-corrected chi connectivity index (χ1v) is 4.84. The van der Waals surface area contributed by atoms with Gasteiger partial charge in [-0.1, -0.05) is 23.2 Å². The van der Waals surface area contributed by atoms with E-state index < -0.39 is 15.7 Å². The minimum absolute atomic E-state index is 0. The summed E-state index contributed by atoms with van der Waals surface area (Å²) in [5, 5.41) is 19.4. The summed E-state index contributed by atoms with van der Waals surface area (Å²) in [7, 11) is 0. The second kappa shape index (κ2) is 4.54. The van der Waals surface area contributed by atoms with Gasteiger partial charge in [-0.25, -0.2) is 0 Å². The number of alkyl halides is 2. The summed E-state index contributed by atoms with van der Waals surface area (Å²) in [6, 6.07) is 0. The summed E-state index contributed by atoms with van der Waals surface area (Å²) < 4.78 is -1.64. The van der Waals surface area contributed by atoms with Crippen LogP contribution in [0.2, 0.25) is 0 Å². The summed E-state index contributed by atoms with van der Waals surface area (Å²) in [5.41, 5.74) is 9.77. The van der Waals surface area contributed by atoms with Gasteiger partial charge in [0.15, 0.2) is 4.33 Å². The Hall–Kier alpha value is 1.11. The number of rotatable bonds is 1. The van der Waals surface area contributed by atoms with E-state index in [9.17, 15) is 10.2 Å². The van der Waals surface area contributed by atoms with Crippen molar-refractivity contribution in [2.24, 2.45) is 11.5 Å². The van der Waals surface area contributed by atoms with Crippen molar-refractivity contribution in [1.29, 1.82) is 0 Å². The SMILES string of the molecule is NCC1(N)CCCC(Cl)(Cl)C1(O)O.[Pt]. The molecule has 88 valence electrons. The second-order valence-corrected chi connectivity index (χ2v) is 5.07. The first kappa shape index (κ1) is 15.1. The van der Waals surface area contributed by atoms with E-state index in [1.807, 2.05) is 0 Å². The summed E-state index contributed by atoms with van der Waals surface area (Å²) in [4.78, 5) is 0. The third kappa shape index (κ3) is 2.12. The molecule has 1 aliphatic carbocycles. The van der Waals surface area contributed by atoms with Crippen molar-refractivity contribution in [3.8, 4) is 0 Å². The first-order chi connectivity index (χ1) is 5.77. The maximum absolute atomic E-state index is 9.71. The van der Waals surface area contributed by atoms with E-state index in [-0.39, 0.29) is 27.6 Å². The van der Waals surface area contributed by atoms with Gasteiger partial charge in [-0.3, -0.25) is 0 Å². The molecule has 0 spiro atoms. The smallest absolute Gasteiger partial charge is 0.216 e. The zero-order valence-corrected chi connectivity index (χ0v) is 11.2. The van der Waals surface area contributed by atoms with Crippen molar-refractivity contribution >= 4 is 23.2 Å². The fourth-order valence-electron chi connectivity index (χ4n) is 1.58. The monoisotopic (exact) mass is 423 g/mol. The summed E-state index contributed by atoms with van der Waals surface area (Å²) in [5.74, 6) is -2.34. The molecule has 4 nitrogen and oxygen atoms in total. The zero-order valence-electron chi connectivity index (χ0n) is 7.45. The maximum atomic E-state index is 9.71. The minimum atomic E-state index is -2.34. The predicted molar refractivity (Wildman–Crippen MR) is 51.4 cm³/mol. The molecule has 1 unspecified atom stereocenters. The zero-order chi connectivity index (χ0) is 10.3. The fourth-order valence-corrected chi connectivity index (χ4v) is 2.23. The van der Waals surface area contributed by atoms with E-state index in [0.717, 1.165) is 0 Å². The molecule has 0 radical (unpaired) electrons. The van der Waals surface area contributed by atoms with Crippen molar-refractivity contribution in [2.75, 3.05) is 6.54 Å². The fraction of sp³-hybridized carbons (Fsp3) is 1.00. The number of aliphatic hydroxyl groups is 2. The Morgan fingerprint density at radius 3 is 2.07 bits per heavy atom. The van der Waals surface area contributed by atoms with E-state index in [1.165, 1.54) is 0 Å². The molecule has 0 bridgehead atoms. The first-order valence-electron chi connectivity index (χ1n) is 4.08. The Morgan fingerprint density at radius 2 is 1.71 bits per heavy atom. The molecule has 7 heteroatoms. The largest absolute Gasteiger partial charge is 0.362 e. The van der Waals surface area contributed by atoms with Gasteiger partial charge < -0.3 is 21.7 Å². The molecular weight excluding hydrogens is 410 g/mol. The van der Waals surface area contributed by atoms with E-state index in [1.54, 1.807) is 0 Å². The van der Waals surface area contributed by atoms with Crippen LogP contribution in [0, 0.1) is 0 Å². The Labute approximate surface area is 107 Å². The van der Waals surface area contributed by atoms with Gasteiger partial charge in [0.05, 0.1) is 5.54 Å². The third-order valence-corrected chi connectivity index (χ3v) is 3.59. The molecule has 0 saturated heterocycles. The molecule has 6 N–H and O–H groups in total. The molecule has 1 rings (SSSR count). The molecule has 0 aromatic heterocycles. The van der Waals surface area contributed by atoms with Crippen LogP contribution in [0.1, 0.15) is 19.3 Å². The maximum Gasteiger partial charge on any atom is 0.216 e. The second-order valence-electron chi connectivity index (χ2n) is 3.59.